The van der Waals surface area contributed by atoms with Crippen molar-refractivity contribution in [3.8, 4) is 5.69 Å². The Hall–Kier alpha value is -2.73. The van der Waals surface area contributed by atoms with E-state index in [1.165, 1.54) is 15.4 Å². The van der Waals surface area contributed by atoms with Crippen molar-refractivity contribution in [2.45, 2.75) is 13.5 Å². The summed E-state index contributed by atoms with van der Waals surface area (Å²) < 4.78 is 2.55. The van der Waals surface area contributed by atoms with Gasteiger partial charge in [0.25, 0.3) is 0 Å². The highest BCUT2D eigenvalue weighted by molar-refractivity contribution is 7.03. The Morgan fingerprint density at radius 1 is 1.00 bits per heavy atom. The molecule has 116 valence electrons. The van der Waals surface area contributed by atoms with E-state index in [9.17, 15) is 14.4 Å². The van der Waals surface area contributed by atoms with Gasteiger partial charge in [0.2, 0.25) is 0 Å². The molecule has 0 aliphatic carbocycles. The average Bonchev–Trinajstić information content (AvgIpc) is 2.84. The molecule has 0 aliphatic heterocycles. The topological polar surface area (TPSA) is 61.1 Å². The van der Waals surface area contributed by atoms with Crippen molar-refractivity contribution >= 4 is 17.3 Å². The van der Waals surface area contributed by atoms with E-state index in [2.05, 4.69) is 0 Å². The molecule has 0 unspecified atom stereocenters. The lowest BCUT2D eigenvalue weighted by Gasteiger charge is -2.02. The zero-order valence-corrected chi connectivity index (χ0v) is 13.2. The Balaban J connectivity index is 1.99. The Labute approximate surface area is 136 Å². The van der Waals surface area contributed by atoms with Gasteiger partial charge in [-0.15, -0.1) is 0 Å². The Morgan fingerprint density at radius 2 is 1.65 bits per heavy atom. The summed E-state index contributed by atoms with van der Waals surface area (Å²) in [7, 11) is 0. The van der Waals surface area contributed by atoms with Crippen LogP contribution in [-0.4, -0.2) is 14.3 Å². The van der Waals surface area contributed by atoms with Crippen molar-refractivity contribution in [1.82, 2.24) is 8.52 Å². The van der Waals surface area contributed by atoms with E-state index in [1.807, 2.05) is 30.3 Å². The number of carbonyl (C=O) groups is 1. The van der Waals surface area contributed by atoms with Crippen molar-refractivity contribution in [2.24, 2.45) is 0 Å². The molecule has 0 aliphatic rings. The molecule has 3 aromatic rings. The molecule has 0 atom stereocenters. The highest BCUT2D eigenvalue weighted by atomic mass is 32.1. The van der Waals surface area contributed by atoms with Gasteiger partial charge in [0.1, 0.15) is 0 Å². The van der Waals surface area contributed by atoms with Gasteiger partial charge >= 0.3 is 10.6 Å². The summed E-state index contributed by atoms with van der Waals surface area (Å²) in [5, 5.41) is 0. The molecule has 1 heterocycles. The first-order valence-corrected chi connectivity index (χ1v) is 7.82. The molecule has 0 N–H and O–H groups in total. The lowest BCUT2D eigenvalue weighted by molar-refractivity contribution is 0.101. The van der Waals surface area contributed by atoms with Gasteiger partial charge in [-0.1, -0.05) is 30.3 Å². The number of aromatic nitrogens is 2. The van der Waals surface area contributed by atoms with Crippen LogP contribution in [0.1, 0.15) is 22.8 Å². The highest BCUT2D eigenvalue weighted by Gasteiger charge is 2.12. The summed E-state index contributed by atoms with van der Waals surface area (Å²) in [5.41, 5.74) is 1.66. The summed E-state index contributed by atoms with van der Waals surface area (Å²) in [5.74, 6) is -0.0428. The minimum atomic E-state index is -0.376. The number of rotatable bonds is 4. The molecule has 5 nitrogen and oxygen atoms in total. The molecule has 0 fully saturated rings. The molecule has 0 saturated heterocycles. The van der Waals surface area contributed by atoms with Crippen LogP contribution >= 0.6 is 11.5 Å². The standard InChI is InChI=1S/C17H14N2O3S/c1-12(20)14-7-9-15(10-8-14)19-16(21)18(17(22)23-19)11-13-5-3-2-4-6-13/h2-10H,11H2,1H3. The molecule has 0 amide bonds. The van der Waals surface area contributed by atoms with Crippen LogP contribution in [0.5, 0.6) is 0 Å². The maximum atomic E-state index is 12.5. The van der Waals surface area contributed by atoms with Crippen LogP contribution in [-0.2, 0) is 6.54 Å². The number of ketones is 1. The van der Waals surface area contributed by atoms with Crippen molar-refractivity contribution in [3.05, 3.63) is 85.9 Å². The third kappa shape index (κ3) is 3.07. The molecular weight excluding hydrogens is 312 g/mol. The second-order valence-corrected chi connectivity index (χ2v) is 6.01. The fraction of sp³-hybridized carbons (Fsp3) is 0.118. The largest absolute Gasteiger partial charge is 0.346 e. The number of hydrogen-bond acceptors (Lipinski definition) is 4. The SMILES string of the molecule is CC(=O)c1ccc(-n2sc(=O)n(Cc3ccccc3)c2=O)cc1. The van der Waals surface area contributed by atoms with Crippen LogP contribution in [0.2, 0.25) is 0 Å². The summed E-state index contributed by atoms with van der Waals surface area (Å²) in [6.07, 6.45) is 0. The number of Topliss-reactive ketones (excluding diaryl/α,β-unsaturated/α-hetero) is 1. The second kappa shape index (κ2) is 6.18. The Morgan fingerprint density at radius 3 is 2.26 bits per heavy atom. The van der Waals surface area contributed by atoms with Crippen LogP contribution in [0.4, 0.5) is 0 Å². The van der Waals surface area contributed by atoms with E-state index in [0.29, 0.717) is 11.3 Å². The van der Waals surface area contributed by atoms with Crippen LogP contribution in [0.15, 0.2) is 64.2 Å². The lowest BCUT2D eigenvalue weighted by atomic mass is 10.1. The van der Waals surface area contributed by atoms with Gasteiger partial charge < -0.3 is 0 Å². The highest BCUT2D eigenvalue weighted by Crippen LogP contribution is 2.10. The van der Waals surface area contributed by atoms with Gasteiger partial charge in [0, 0.05) is 17.1 Å². The maximum Gasteiger partial charge on any atom is 0.346 e. The predicted molar refractivity (Wildman–Crippen MR) is 89.7 cm³/mol. The minimum Gasteiger partial charge on any atom is -0.295 e. The van der Waals surface area contributed by atoms with Crippen molar-refractivity contribution in [1.29, 1.82) is 0 Å². The normalized spacial score (nSPS) is 10.7. The average molecular weight is 326 g/mol. The zero-order valence-electron chi connectivity index (χ0n) is 12.4. The van der Waals surface area contributed by atoms with E-state index in [1.54, 1.807) is 24.3 Å². The van der Waals surface area contributed by atoms with Gasteiger partial charge in [0.05, 0.1) is 12.2 Å². The van der Waals surface area contributed by atoms with Gasteiger partial charge in [-0.05, 0) is 36.8 Å². The Bertz CT molecular complexity index is 950. The molecule has 3 rings (SSSR count). The van der Waals surface area contributed by atoms with E-state index in [-0.39, 0.29) is 22.9 Å². The molecule has 2 aromatic carbocycles. The fourth-order valence-electron chi connectivity index (χ4n) is 2.25. The van der Waals surface area contributed by atoms with Gasteiger partial charge in [-0.3, -0.25) is 9.59 Å². The smallest absolute Gasteiger partial charge is 0.295 e. The number of nitrogens with zero attached hydrogens (tertiary/aromatic N) is 2. The molecule has 23 heavy (non-hydrogen) atoms. The van der Waals surface area contributed by atoms with E-state index in [0.717, 1.165) is 17.1 Å². The van der Waals surface area contributed by atoms with Crippen LogP contribution < -0.4 is 10.6 Å². The van der Waals surface area contributed by atoms with Gasteiger partial charge in [-0.25, -0.2) is 13.3 Å². The van der Waals surface area contributed by atoms with Crippen LogP contribution in [0.3, 0.4) is 0 Å². The molecule has 0 bridgehead atoms. The van der Waals surface area contributed by atoms with Gasteiger partial charge in [0.15, 0.2) is 5.78 Å². The number of carbonyl (C=O) groups excluding carboxylic acids is 1. The van der Waals surface area contributed by atoms with Crippen molar-refractivity contribution < 1.29 is 4.79 Å². The van der Waals surface area contributed by atoms with Gasteiger partial charge in [-0.2, -0.15) is 0 Å². The monoisotopic (exact) mass is 326 g/mol. The molecular formula is C17H14N2O3S. The predicted octanol–water partition coefficient (Wildman–Crippen LogP) is 2.31. The quantitative estimate of drug-likeness (QED) is 0.691. The third-order valence-electron chi connectivity index (χ3n) is 3.49. The first kappa shape index (κ1) is 15.2. The second-order valence-electron chi connectivity index (χ2n) is 5.11. The lowest BCUT2D eigenvalue weighted by Crippen LogP contribution is -2.28. The number of hydrogen-bond donors (Lipinski definition) is 0. The van der Waals surface area contributed by atoms with E-state index in [4.69, 9.17) is 0 Å². The molecule has 0 saturated carbocycles. The van der Waals surface area contributed by atoms with Crippen molar-refractivity contribution in [3.63, 3.8) is 0 Å². The first-order chi connectivity index (χ1) is 11.1. The van der Waals surface area contributed by atoms with E-state index < -0.39 is 0 Å². The third-order valence-corrected chi connectivity index (χ3v) is 4.41. The summed E-state index contributed by atoms with van der Waals surface area (Å²) >= 11 is 0.854. The van der Waals surface area contributed by atoms with E-state index >= 15 is 0 Å². The summed E-state index contributed by atoms with van der Waals surface area (Å²) in [6, 6.07) is 16.0. The number of benzene rings is 2. The fourth-order valence-corrected chi connectivity index (χ4v) is 3.05. The first-order valence-electron chi connectivity index (χ1n) is 7.05. The minimum absolute atomic E-state index is 0.0428. The van der Waals surface area contributed by atoms with Crippen LogP contribution in [0.25, 0.3) is 5.69 Å². The zero-order chi connectivity index (χ0) is 16.4. The molecule has 1 aromatic heterocycles. The van der Waals surface area contributed by atoms with Crippen LogP contribution in [0, 0.1) is 0 Å². The molecule has 0 radical (unpaired) electrons. The molecule has 0 spiro atoms. The van der Waals surface area contributed by atoms with Crippen molar-refractivity contribution in [2.75, 3.05) is 0 Å². The Kier molecular flexibility index (Phi) is 4.08. The summed E-state index contributed by atoms with van der Waals surface area (Å²) in [6.45, 7) is 1.73. The molecule has 6 heteroatoms. The summed E-state index contributed by atoms with van der Waals surface area (Å²) in [4.78, 5) is 35.6. The maximum absolute atomic E-state index is 12.5.